The second kappa shape index (κ2) is 8.34. The van der Waals surface area contributed by atoms with E-state index in [9.17, 15) is 20.3 Å². The predicted octanol–water partition coefficient (Wildman–Crippen LogP) is 1.74. The van der Waals surface area contributed by atoms with Gasteiger partial charge in [0.2, 0.25) is 0 Å². The molecule has 1 atom stereocenters. The average molecular weight is 361 g/mol. The summed E-state index contributed by atoms with van der Waals surface area (Å²) < 4.78 is 15.3. The van der Waals surface area contributed by atoms with Gasteiger partial charge in [-0.1, -0.05) is 12.1 Å². The number of hydrogen-bond acceptors (Lipinski definition) is 6. The van der Waals surface area contributed by atoms with Crippen molar-refractivity contribution >= 4 is 23.3 Å². The average Bonchev–Trinajstić information content (AvgIpc) is 2.65. The molecule has 0 bridgehead atoms. The van der Waals surface area contributed by atoms with Gasteiger partial charge in [-0.15, -0.1) is 0 Å². The molecule has 0 aromatic heterocycles. The van der Waals surface area contributed by atoms with Gasteiger partial charge in [0.15, 0.2) is 17.2 Å². The molecule has 2 rings (SSSR count). The summed E-state index contributed by atoms with van der Waals surface area (Å²) in [6.45, 7) is 0. The monoisotopic (exact) mass is 361 g/mol. The zero-order valence-corrected chi connectivity index (χ0v) is 14.5. The number of quaternary nitrogens is 1. The number of aliphatic carboxylic acids is 1. The van der Waals surface area contributed by atoms with Gasteiger partial charge >= 0.3 is 5.97 Å². The molecule has 0 aliphatic heterocycles. The molecule has 0 aliphatic rings. The van der Waals surface area contributed by atoms with Gasteiger partial charge in [0.1, 0.15) is 5.75 Å². The van der Waals surface area contributed by atoms with Crippen LogP contribution in [-0.4, -0.2) is 37.6 Å². The second-order valence-electron chi connectivity index (χ2n) is 5.19. The van der Waals surface area contributed by atoms with E-state index < -0.39 is 11.2 Å². The van der Waals surface area contributed by atoms with Crippen molar-refractivity contribution < 1.29 is 34.5 Å². The summed E-state index contributed by atoms with van der Waals surface area (Å²) in [5, 5.41) is 29.4. The van der Waals surface area contributed by atoms with Gasteiger partial charge in [-0.25, -0.2) is 10.0 Å². The molecule has 8 nitrogen and oxygen atoms in total. The molecule has 0 saturated carbocycles. The normalized spacial score (nSPS) is 12.4. The van der Waals surface area contributed by atoms with Gasteiger partial charge in [-0.2, -0.15) is 5.23 Å². The summed E-state index contributed by atoms with van der Waals surface area (Å²) in [5.41, 5.74) is 0.421. The molecule has 138 valence electrons. The van der Waals surface area contributed by atoms with E-state index in [1.165, 1.54) is 39.5 Å². The van der Waals surface area contributed by atoms with Gasteiger partial charge < -0.3 is 24.5 Å². The largest absolute Gasteiger partial charge is 0.595 e. The van der Waals surface area contributed by atoms with Crippen LogP contribution in [0.1, 0.15) is 11.1 Å². The van der Waals surface area contributed by atoms with Crippen molar-refractivity contribution in [1.29, 1.82) is 0 Å². The molecular formula is C18H19NO7. The predicted molar refractivity (Wildman–Crippen MR) is 93.8 cm³/mol. The highest BCUT2D eigenvalue weighted by atomic mass is 16.8. The Balaban J connectivity index is 2.63. The minimum atomic E-state index is -1.21. The third kappa shape index (κ3) is 4.12. The molecule has 0 heterocycles. The van der Waals surface area contributed by atoms with Crippen LogP contribution in [0.2, 0.25) is 0 Å². The fourth-order valence-corrected chi connectivity index (χ4v) is 2.39. The highest BCUT2D eigenvalue weighted by Gasteiger charge is 2.18. The molecule has 0 fully saturated rings. The summed E-state index contributed by atoms with van der Waals surface area (Å²) >= 11 is 0. The van der Waals surface area contributed by atoms with Crippen LogP contribution in [0.4, 0.5) is 5.69 Å². The first-order chi connectivity index (χ1) is 12.4. The van der Waals surface area contributed by atoms with E-state index >= 15 is 0 Å². The van der Waals surface area contributed by atoms with Crippen LogP contribution >= 0.6 is 0 Å². The number of rotatable bonds is 7. The minimum absolute atomic E-state index is 0.0672. The number of ether oxygens (including phenoxy) is 3. The topological polar surface area (TPSA) is 113 Å². The Hall–Kier alpha value is -3.07. The maximum atomic E-state index is 11.7. The first-order valence-electron chi connectivity index (χ1n) is 7.50. The summed E-state index contributed by atoms with van der Waals surface area (Å²) in [5.74, 6) is -0.0799. The Morgan fingerprint density at radius 2 is 1.62 bits per heavy atom. The highest BCUT2D eigenvalue weighted by molar-refractivity contribution is 6.21. The van der Waals surface area contributed by atoms with E-state index in [-0.39, 0.29) is 22.6 Å². The molecule has 2 aromatic carbocycles. The lowest BCUT2D eigenvalue weighted by Gasteiger charge is -2.17. The molecule has 26 heavy (non-hydrogen) atoms. The van der Waals surface area contributed by atoms with Crippen molar-refractivity contribution in [3.63, 3.8) is 0 Å². The summed E-state index contributed by atoms with van der Waals surface area (Å²) in [4.78, 5) is 11.7. The maximum Gasteiger partial charge on any atom is 0.336 e. The number of carboxylic acid groups (broad SMARTS) is 1. The molecule has 0 spiro atoms. The van der Waals surface area contributed by atoms with Gasteiger partial charge in [-0.3, -0.25) is 0 Å². The van der Waals surface area contributed by atoms with Gasteiger partial charge in [0.25, 0.3) is 0 Å². The van der Waals surface area contributed by atoms with Crippen LogP contribution < -0.4 is 19.4 Å². The van der Waals surface area contributed by atoms with E-state index in [1.807, 2.05) is 0 Å². The van der Waals surface area contributed by atoms with Gasteiger partial charge in [0.05, 0.1) is 26.9 Å². The van der Waals surface area contributed by atoms with Gasteiger partial charge in [-0.05, 0) is 29.8 Å². The number of hydrogen-bond donors (Lipinski definition) is 3. The van der Waals surface area contributed by atoms with Crippen LogP contribution in [0, 0.1) is 5.21 Å². The molecule has 2 aromatic rings. The van der Waals surface area contributed by atoms with Crippen molar-refractivity contribution in [2.75, 3.05) is 21.3 Å². The molecule has 1 unspecified atom stereocenters. The van der Waals surface area contributed by atoms with Crippen LogP contribution in [0.5, 0.6) is 17.2 Å². The van der Waals surface area contributed by atoms with Crippen molar-refractivity contribution in [2.45, 2.75) is 0 Å². The quantitative estimate of drug-likeness (QED) is 0.391. The first-order valence-corrected chi connectivity index (χ1v) is 7.50. The molecule has 0 amide bonds. The Kier molecular flexibility index (Phi) is 6.18. The number of carboxylic acids is 1. The van der Waals surface area contributed by atoms with Crippen LogP contribution in [0.15, 0.2) is 36.4 Å². The SMILES string of the molecule is COc1ccc(/C(=C\c2cc(OC)c(OC)cc2[NH+]([O-])O)C(=O)O)cc1. The minimum Gasteiger partial charge on any atom is -0.595 e. The highest BCUT2D eigenvalue weighted by Crippen LogP contribution is 2.34. The molecule has 3 N–H and O–H groups in total. The third-order valence-corrected chi connectivity index (χ3v) is 3.72. The van der Waals surface area contributed by atoms with Crippen molar-refractivity contribution in [3.8, 4) is 17.2 Å². The standard InChI is InChI=1S/C18H19NO7/c1-24-13-6-4-11(5-7-13)14(18(20)21)8-12-9-16(25-2)17(26-3)10-15(12)19(22)23/h4-10,19,22H,1-3H3,(H,20,21)/b14-8+. The maximum absolute atomic E-state index is 11.7. The lowest BCUT2D eigenvalue weighted by Crippen LogP contribution is -2.99. The number of carbonyl (C=O) groups is 1. The van der Waals surface area contributed by atoms with E-state index in [1.54, 1.807) is 24.3 Å². The number of methoxy groups -OCH3 is 3. The van der Waals surface area contributed by atoms with Crippen LogP contribution in [-0.2, 0) is 4.79 Å². The Bertz CT molecular complexity index is 813. The van der Waals surface area contributed by atoms with E-state index in [0.717, 1.165) is 0 Å². The lowest BCUT2D eigenvalue weighted by atomic mass is 10.0. The number of benzene rings is 2. The molecule has 8 heteroatoms. The molecule has 0 radical (unpaired) electrons. The lowest BCUT2D eigenvalue weighted by molar-refractivity contribution is -0.991. The first kappa shape index (κ1) is 19.3. The summed E-state index contributed by atoms with van der Waals surface area (Å²) in [7, 11) is 4.30. The van der Waals surface area contributed by atoms with Crippen LogP contribution in [0.25, 0.3) is 11.6 Å². The van der Waals surface area contributed by atoms with E-state index in [0.29, 0.717) is 17.1 Å². The van der Waals surface area contributed by atoms with E-state index in [4.69, 9.17) is 14.2 Å². The Labute approximate surface area is 150 Å². The number of nitrogens with one attached hydrogen (secondary N) is 1. The second-order valence-corrected chi connectivity index (χ2v) is 5.19. The summed E-state index contributed by atoms with van der Waals surface area (Å²) in [6, 6.07) is 9.13. The molecule has 0 saturated heterocycles. The molecular weight excluding hydrogens is 342 g/mol. The van der Waals surface area contributed by atoms with Crippen molar-refractivity contribution in [1.82, 2.24) is 0 Å². The summed E-state index contributed by atoms with van der Waals surface area (Å²) in [6.07, 6.45) is 1.29. The van der Waals surface area contributed by atoms with Crippen LogP contribution in [0.3, 0.4) is 0 Å². The van der Waals surface area contributed by atoms with Gasteiger partial charge in [0, 0.05) is 11.6 Å². The zero-order valence-electron chi connectivity index (χ0n) is 14.5. The fourth-order valence-electron chi connectivity index (χ4n) is 2.39. The Morgan fingerprint density at radius 3 is 2.08 bits per heavy atom. The third-order valence-electron chi connectivity index (χ3n) is 3.72. The van der Waals surface area contributed by atoms with E-state index in [2.05, 4.69) is 0 Å². The van der Waals surface area contributed by atoms with Crippen molar-refractivity contribution in [2.24, 2.45) is 0 Å². The Morgan fingerprint density at radius 1 is 1.04 bits per heavy atom. The zero-order chi connectivity index (χ0) is 19.3. The molecule has 0 aliphatic carbocycles. The van der Waals surface area contributed by atoms with Crippen molar-refractivity contribution in [3.05, 3.63) is 52.7 Å². The smallest absolute Gasteiger partial charge is 0.336 e. The fraction of sp³-hybridized carbons (Fsp3) is 0.167.